The minimum Gasteiger partial charge on any atom is -0.454 e. The number of rotatable bonds is 4. The summed E-state index contributed by atoms with van der Waals surface area (Å²) < 4.78 is 16.0. The maximum Gasteiger partial charge on any atom is 0.251 e. The second-order valence-corrected chi connectivity index (χ2v) is 5.12. The van der Waals surface area contributed by atoms with Crippen LogP contribution in [-0.4, -0.2) is 22.9 Å². The molecule has 1 aromatic heterocycles. The van der Waals surface area contributed by atoms with Gasteiger partial charge in [0, 0.05) is 11.1 Å². The van der Waals surface area contributed by atoms with E-state index in [-0.39, 0.29) is 19.2 Å². The number of amides is 1. The smallest absolute Gasteiger partial charge is 0.251 e. The first-order chi connectivity index (χ1) is 11.8. The van der Waals surface area contributed by atoms with Gasteiger partial charge in [-0.25, -0.2) is 0 Å². The third-order valence-electron chi connectivity index (χ3n) is 3.52. The largest absolute Gasteiger partial charge is 0.454 e. The second kappa shape index (κ2) is 6.04. The van der Waals surface area contributed by atoms with Crippen LogP contribution in [-0.2, 0) is 6.54 Å². The number of aromatic nitrogens is 2. The molecule has 0 bridgehead atoms. The molecule has 1 aliphatic rings. The van der Waals surface area contributed by atoms with E-state index in [0.29, 0.717) is 28.8 Å². The number of nitrogens with zero attached hydrogens (tertiary/aromatic N) is 2. The van der Waals surface area contributed by atoms with Gasteiger partial charge in [0.2, 0.25) is 18.6 Å². The van der Waals surface area contributed by atoms with Crippen LogP contribution in [0.25, 0.3) is 11.5 Å². The number of benzene rings is 2. The van der Waals surface area contributed by atoms with Crippen LogP contribution >= 0.6 is 0 Å². The van der Waals surface area contributed by atoms with Crippen molar-refractivity contribution < 1.29 is 18.7 Å². The highest BCUT2D eigenvalue weighted by Crippen LogP contribution is 2.32. The Bertz CT molecular complexity index is 877. The van der Waals surface area contributed by atoms with Crippen molar-refractivity contribution >= 4 is 5.91 Å². The van der Waals surface area contributed by atoms with Gasteiger partial charge in [-0.1, -0.05) is 18.2 Å². The highest BCUT2D eigenvalue weighted by molar-refractivity contribution is 5.94. The van der Waals surface area contributed by atoms with E-state index in [1.807, 2.05) is 30.3 Å². The van der Waals surface area contributed by atoms with Gasteiger partial charge in [-0.3, -0.25) is 4.79 Å². The number of hydrogen-bond acceptors (Lipinski definition) is 6. The molecule has 24 heavy (non-hydrogen) atoms. The molecule has 0 saturated heterocycles. The van der Waals surface area contributed by atoms with Crippen molar-refractivity contribution in [3.8, 4) is 23.0 Å². The third kappa shape index (κ3) is 2.79. The Morgan fingerprint density at radius 3 is 2.75 bits per heavy atom. The molecule has 1 aliphatic heterocycles. The first-order valence-corrected chi connectivity index (χ1v) is 7.35. The molecule has 0 saturated carbocycles. The standard InChI is InChI=1S/C17H13N3O4/c21-16(12-6-7-13-14(8-12)23-10-22-13)18-9-15-19-20-17(24-15)11-4-2-1-3-5-11/h1-8H,9-10H2,(H,18,21). The van der Waals surface area contributed by atoms with Crippen molar-refractivity contribution in [2.75, 3.05) is 6.79 Å². The Labute approximate surface area is 137 Å². The molecule has 0 aliphatic carbocycles. The minimum atomic E-state index is -0.257. The topological polar surface area (TPSA) is 86.5 Å². The SMILES string of the molecule is O=C(NCc1nnc(-c2ccccc2)o1)c1ccc2c(c1)OCO2. The van der Waals surface area contributed by atoms with Crippen molar-refractivity contribution in [2.45, 2.75) is 6.54 Å². The number of carbonyl (C=O) groups is 1. The number of nitrogens with one attached hydrogen (secondary N) is 1. The molecule has 1 amide bonds. The van der Waals surface area contributed by atoms with Gasteiger partial charge in [0.25, 0.3) is 5.91 Å². The maximum atomic E-state index is 12.2. The molecule has 2 aromatic carbocycles. The Hall–Kier alpha value is -3.35. The summed E-state index contributed by atoms with van der Waals surface area (Å²) >= 11 is 0. The van der Waals surface area contributed by atoms with Crippen LogP contribution < -0.4 is 14.8 Å². The Balaban J connectivity index is 1.42. The van der Waals surface area contributed by atoms with Gasteiger partial charge in [-0.2, -0.15) is 0 Å². The van der Waals surface area contributed by atoms with Crippen molar-refractivity contribution in [1.82, 2.24) is 15.5 Å². The molecule has 120 valence electrons. The zero-order chi connectivity index (χ0) is 16.4. The molecule has 4 rings (SSSR count). The second-order valence-electron chi connectivity index (χ2n) is 5.12. The lowest BCUT2D eigenvalue weighted by molar-refractivity contribution is 0.0947. The predicted molar refractivity (Wildman–Crippen MR) is 83.5 cm³/mol. The highest BCUT2D eigenvalue weighted by Gasteiger charge is 2.16. The van der Waals surface area contributed by atoms with E-state index in [2.05, 4.69) is 15.5 Å². The summed E-state index contributed by atoms with van der Waals surface area (Å²) in [5.74, 6) is 1.70. The number of carbonyl (C=O) groups excluding carboxylic acids is 1. The van der Waals surface area contributed by atoms with Gasteiger partial charge < -0.3 is 19.2 Å². The number of hydrogen-bond donors (Lipinski definition) is 1. The fourth-order valence-corrected chi connectivity index (χ4v) is 2.32. The third-order valence-corrected chi connectivity index (χ3v) is 3.52. The first-order valence-electron chi connectivity index (χ1n) is 7.35. The number of ether oxygens (including phenoxy) is 2. The Morgan fingerprint density at radius 1 is 1.04 bits per heavy atom. The van der Waals surface area contributed by atoms with Crippen LogP contribution in [0.1, 0.15) is 16.2 Å². The zero-order valence-electron chi connectivity index (χ0n) is 12.6. The molecule has 0 fully saturated rings. The fraction of sp³-hybridized carbons (Fsp3) is 0.118. The maximum absolute atomic E-state index is 12.2. The van der Waals surface area contributed by atoms with E-state index >= 15 is 0 Å². The molecule has 7 heteroatoms. The molecule has 7 nitrogen and oxygen atoms in total. The van der Waals surface area contributed by atoms with Gasteiger partial charge in [-0.05, 0) is 30.3 Å². The van der Waals surface area contributed by atoms with E-state index in [9.17, 15) is 4.79 Å². The summed E-state index contributed by atoms with van der Waals surface area (Å²) in [5, 5.41) is 10.7. The van der Waals surface area contributed by atoms with E-state index in [1.165, 1.54) is 0 Å². The molecule has 0 spiro atoms. The van der Waals surface area contributed by atoms with E-state index < -0.39 is 0 Å². The monoisotopic (exact) mass is 323 g/mol. The molecule has 3 aromatic rings. The van der Waals surface area contributed by atoms with Crippen molar-refractivity contribution in [3.63, 3.8) is 0 Å². The Morgan fingerprint density at radius 2 is 1.88 bits per heavy atom. The molecular weight excluding hydrogens is 310 g/mol. The van der Waals surface area contributed by atoms with Crippen molar-refractivity contribution in [2.24, 2.45) is 0 Å². The summed E-state index contributed by atoms with van der Waals surface area (Å²) in [6.45, 7) is 0.317. The van der Waals surface area contributed by atoms with Crippen LogP contribution in [0.4, 0.5) is 0 Å². The highest BCUT2D eigenvalue weighted by atomic mass is 16.7. The van der Waals surface area contributed by atoms with Gasteiger partial charge >= 0.3 is 0 Å². The van der Waals surface area contributed by atoms with Crippen LogP contribution in [0.3, 0.4) is 0 Å². The quantitative estimate of drug-likeness (QED) is 0.793. The predicted octanol–water partition coefficient (Wildman–Crippen LogP) is 2.40. The summed E-state index contributed by atoms with van der Waals surface area (Å²) in [6, 6.07) is 14.5. The fourth-order valence-electron chi connectivity index (χ4n) is 2.32. The van der Waals surface area contributed by atoms with Gasteiger partial charge in [0.05, 0.1) is 6.54 Å². The Kier molecular flexibility index (Phi) is 3.59. The van der Waals surface area contributed by atoms with Gasteiger partial charge in [-0.15, -0.1) is 10.2 Å². The van der Waals surface area contributed by atoms with Crippen LogP contribution in [0.5, 0.6) is 11.5 Å². The molecule has 0 radical (unpaired) electrons. The first kappa shape index (κ1) is 14.3. The minimum absolute atomic E-state index is 0.146. The van der Waals surface area contributed by atoms with Crippen LogP contribution in [0, 0.1) is 0 Å². The summed E-state index contributed by atoms with van der Waals surface area (Å²) in [5.41, 5.74) is 1.31. The molecule has 1 N–H and O–H groups in total. The van der Waals surface area contributed by atoms with Crippen LogP contribution in [0.2, 0.25) is 0 Å². The lowest BCUT2D eigenvalue weighted by atomic mass is 10.2. The zero-order valence-corrected chi connectivity index (χ0v) is 12.6. The van der Waals surface area contributed by atoms with Gasteiger partial charge in [0.1, 0.15) is 0 Å². The summed E-state index contributed by atoms with van der Waals surface area (Å²) in [7, 11) is 0. The van der Waals surface area contributed by atoms with E-state index in [1.54, 1.807) is 18.2 Å². The summed E-state index contributed by atoms with van der Waals surface area (Å²) in [6.07, 6.45) is 0. The molecule has 0 atom stereocenters. The summed E-state index contributed by atoms with van der Waals surface area (Å²) in [4.78, 5) is 12.2. The molecule has 2 heterocycles. The van der Waals surface area contributed by atoms with Crippen molar-refractivity contribution in [1.29, 1.82) is 0 Å². The lowest BCUT2D eigenvalue weighted by Gasteiger charge is -2.03. The lowest BCUT2D eigenvalue weighted by Crippen LogP contribution is -2.22. The average molecular weight is 323 g/mol. The van der Waals surface area contributed by atoms with Crippen molar-refractivity contribution in [3.05, 3.63) is 60.0 Å². The normalized spacial score (nSPS) is 12.2. The number of fused-ring (bicyclic) bond motifs is 1. The van der Waals surface area contributed by atoms with Crippen LogP contribution in [0.15, 0.2) is 52.9 Å². The van der Waals surface area contributed by atoms with E-state index in [4.69, 9.17) is 13.9 Å². The molecular formula is C17H13N3O4. The average Bonchev–Trinajstić information content (AvgIpc) is 3.29. The molecule has 0 unspecified atom stereocenters. The van der Waals surface area contributed by atoms with Gasteiger partial charge in [0.15, 0.2) is 11.5 Å². The van der Waals surface area contributed by atoms with E-state index in [0.717, 1.165) is 5.56 Å².